The van der Waals surface area contributed by atoms with Crippen LogP contribution in [0.15, 0.2) is 22.7 Å². The second kappa shape index (κ2) is 9.46. The normalized spacial score (nSPS) is 10.2. The van der Waals surface area contributed by atoms with Crippen LogP contribution in [0.25, 0.3) is 0 Å². The number of carbonyl (C=O) groups excluding carboxylic acids is 2. The van der Waals surface area contributed by atoms with Crippen LogP contribution in [0.4, 0.5) is 10.1 Å². The van der Waals surface area contributed by atoms with Crippen molar-refractivity contribution in [1.29, 1.82) is 0 Å². The first-order chi connectivity index (χ1) is 10.0. The molecule has 0 saturated heterocycles. The van der Waals surface area contributed by atoms with Gasteiger partial charge in [-0.3, -0.25) is 9.59 Å². The van der Waals surface area contributed by atoms with E-state index < -0.39 is 5.82 Å². The minimum absolute atomic E-state index is 0.0539. The molecule has 0 spiro atoms. The molecule has 0 bridgehead atoms. The summed E-state index contributed by atoms with van der Waals surface area (Å²) in [5.41, 5.74) is 0.136. The van der Waals surface area contributed by atoms with Gasteiger partial charge >= 0.3 is 5.97 Å². The molecule has 7 heteroatoms. The third-order valence-electron chi connectivity index (χ3n) is 2.53. The summed E-state index contributed by atoms with van der Waals surface area (Å²) >= 11 is 3.14. The molecule has 1 aromatic rings. The van der Waals surface area contributed by atoms with Crippen LogP contribution in [-0.2, 0) is 14.3 Å². The zero-order valence-electron chi connectivity index (χ0n) is 11.7. The summed E-state index contributed by atoms with van der Waals surface area (Å²) in [7, 11) is 0. The first kappa shape index (κ1) is 17.6. The number of carbonyl (C=O) groups is 2. The smallest absolute Gasteiger partial charge is 0.305 e. The monoisotopic (exact) mass is 360 g/mol. The number of halogens is 2. The largest absolute Gasteiger partial charge is 0.466 e. The number of ether oxygens (including phenoxy) is 1. The number of anilines is 1. The minimum atomic E-state index is -0.500. The Morgan fingerprint density at radius 1 is 1.38 bits per heavy atom. The van der Waals surface area contributed by atoms with Gasteiger partial charge in [0, 0.05) is 10.9 Å². The van der Waals surface area contributed by atoms with Gasteiger partial charge in [0.25, 0.3) is 0 Å². The Bertz CT molecular complexity index is 497. The first-order valence-electron chi connectivity index (χ1n) is 6.64. The zero-order chi connectivity index (χ0) is 15.7. The van der Waals surface area contributed by atoms with E-state index in [1.807, 2.05) is 0 Å². The molecule has 0 fully saturated rings. The fourth-order valence-corrected chi connectivity index (χ4v) is 1.91. The van der Waals surface area contributed by atoms with Gasteiger partial charge in [-0.15, -0.1) is 0 Å². The van der Waals surface area contributed by atoms with E-state index in [4.69, 9.17) is 4.74 Å². The quantitative estimate of drug-likeness (QED) is 0.552. The lowest BCUT2D eigenvalue weighted by molar-refractivity contribution is -0.143. The molecule has 5 nitrogen and oxygen atoms in total. The van der Waals surface area contributed by atoms with Crippen molar-refractivity contribution in [2.24, 2.45) is 0 Å². The Hall–Kier alpha value is -1.47. The Labute approximate surface area is 131 Å². The topological polar surface area (TPSA) is 67.4 Å². The lowest BCUT2D eigenvalue weighted by Crippen LogP contribution is -2.29. The summed E-state index contributed by atoms with van der Waals surface area (Å²) in [6.07, 6.45) is 0.891. The van der Waals surface area contributed by atoms with Crippen molar-refractivity contribution in [3.05, 3.63) is 28.5 Å². The zero-order valence-corrected chi connectivity index (χ0v) is 13.3. The first-order valence-corrected chi connectivity index (χ1v) is 7.43. The molecule has 0 saturated carbocycles. The van der Waals surface area contributed by atoms with E-state index in [2.05, 4.69) is 26.6 Å². The van der Waals surface area contributed by atoms with Crippen LogP contribution in [0.1, 0.15) is 19.8 Å². The van der Waals surface area contributed by atoms with Crippen molar-refractivity contribution in [1.82, 2.24) is 5.32 Å². The summed E-state index contributed by atoms with van der Waals surface area (Å²) in [6.45, 7) is 2.68. The molecule has 0 aliphatic carbocycles. The molecular formula is C14H18BrFN2O3. The van der Waals surface area contributed by atoms with E-state index in [-0.39, 0.29) is 24.1 Å². The van der Waals surface area contributed by atoms with Crippen molar-refractivity contribution in [2.45, 2.75) is 19.8 Å². The van der Waals surface area contributed by atoms with E-state index in [9.17, 15) is 14.0 Å². The van der Waals surface area contributed by atoms with Crippen LogP contribution < -0.4 is 10.6 Å². The fraction of sp³-hybridized carbons (Fsp3) is 0.429. The molecule has 0 aliphatic heterocycles. The highest BCUT2D eigenvalue weighted by molar-refractivity contribution is 9.10. The number of rotatable bonds is 8. The van der Waals surface area contributed by atoms with Gasteiger partial charge in [0.2, 0.25) is 5.91 Å². The molecule has 0 heterocycles. The summed E-state index contributed by atoms with van der Waals surface area (Å²) < 4.78 is 18.9. The lowest BCUT2D eigenvalue weighted by Gasteiger charge is -2.08. The van der Waals surface area contributed by atoms with Gasteiger partial charge in [0.05, 0.1) is 18.8 Å². The molecule has 2 N–H and O–H groups in total. The van der Waals surface area contributed by atoms with E-state index in [0.717, 1.165) is 0 Å². The summed E-state index contributed by atoms with van der Waals surface area (Å²) in [4.78, 5) is 22.7. The molecule has 0 aliphatic rings. The number of hydrogen-bond acceptors (Lipinski definition) is 4. The summed E-state index contributed by atoms with van der Waals surface area (Å²) in [5, 5.41) is 5.35. The summed E-state index contributed by atoms with van der Waals surface area (Å²) in [5.74, 6) is -1.09. The standard InChI is InChI=1S/C14H18BrFN2O3/c1-2-21-14(20)4-3-7-17-9-13(19)18-12-6-5-10(15)8-11(12)16/h5-6,8,17H,2-4,7,9H2,1H3,(H,18,19). The van der Waals surface area contributed by atoms with Crippen LogP contribution in [0.5, 0.6) is 0 Å². The fourth-order valence-electron chi connectivity index (χ4n) is 1.58. The van der Waals surface area contributed by atoms with E-state index >= 15 is 0 Å². The van der Waals surface area contributed by atoms with Crippen molar-refractivity contribution >= 4 is 33.5 Å². The van der Waals surface area contributed by atoms with Gasteiger partial charge in [-0.25, -0.2) is 4.39 Å². The number of amides is 1. The molecule has 1 amide bonds. The predicted molar refractivity (Wildman–Crippen MR) is 81.5 cm³/mol. The minimum Gasteiger partial charge on any atom is -0.466 e. The predicted octanol–water partition coefficient (Wildman–Crippen LogP) is 2.46. The van der Waals surface area contributed by atoms with Crippen LogP contribution in [-0.4, -0.2) is 31.6 Å². The average molecular weight is 361 g/mol. The van der Waals surface area contributed by atoms with E-state index in [0.29, 0.717) is 30.5 Å². The summed E-state index contributed by atoms with van der Waals surface area (Å²) in [6, 6.07) is 4.41. The molecule has 1 aromatic carbocycles. The number of nitrogens with one attached hydrogen (secondary N) is 2. The molecule has 0 unspecified atom stereocenters. The van der Waals surface area contributed by atoms with Crippen molar-refractivity contribution in [3.63, 3.8) is 0 Å². The third kappa shape index (κ3) is 7.19. The van der Waals surface area contributed by atoms with Gasteiger partial charge in [-0.1, -0.05) is 15.9 Å². The number of benzene rings is 1. The van der Waals surface area contributed by atoms with Gasteiger partial charge < -0.3 is 15.4 Å². The van der Waals surface area contributed by atoms with Gasteiger partial charge in [-0.2, -0.15) is 0 Å². The molecule has 0 aromatic heterocycles. The van der Waals surface area contributed by atoms with Crippen LogP contribution in [0, 0.1) is 5.82 Å². The highest BCUT2D eigenvalue weighted by Crippen LogP contribution is 2.18. The Balaban J connectivity index is 2.21. The maximum absolute atomic E-state index is 13.5. The Morgan fingerprint density at radius 3 is 2.81 bits per heavy atom. The average Bonchev–Trinajstić information content (AvgIpc) is 2.42. The number of hydrogen-bond donors (Lipinski definition) is 2. The van der Waals surface area contributed by atoms with Crippen molar-refractivity contribution in [3.8, 4) is 0 Å². The second-order valence-electron chi connectivity index (χ2n) is 4.26. The van der Waals surface area contributed by atoms with Gasteiger partial charge in [-0.05, 0) is 38.1 Å². The van der Waals surface area contributed by atoms with Crippen molar-refractivity contribution < 1.29 is 18.7 Å². The molecule has 0 atom stereocenters. The highest BCUT2D eigenvalue weighted by Gasteiger charge is 2.07. The van der Waals surface area contributed by atoms with Crippen molar-refractivity contribution in [2.75, 3.05) is 25.0 Å². The maximum Gasteiger partial charge on any atom is 0.305 e. The molecular weight excluding hydrogens is 343 g/mol. The molecule has 1 rings (SSSR count). The number of esters is 1. The van der Waals surface area contributed by atoms with Gasteiger partial charge in [0.1, 0.15) is 5.82 Å². The van der Waals surface area contributed by atoms with Crippen LogP contribution in [0.3, 0.4) is 0 Å². The SMILES string of the molecule is CCOC(=O)CCCNCC(=O)Nc1ccc(Br)cc1F. The Kier molecular flexibility index (Phi) is 7.92. The van der Waals surface area contributed by atoms with Crippen LogP contribution in [0.2, 0.25) is 0 Å². The lowest BCUT2D eigenvalue weighted by atomic mass is 10.3. The molecule has 0 radical (unpaired) electrons. The Morgan fingerprint density at radius 2 is 2.14 bits per heavy atom. The molecule has 116 valence electrons. The molecule has 21 heavy (non-hydrogen) atoms. The highest BCUT2D eigenvalue weighted by atomic mass is 79.9. The second-order valence-corrected chi connectivity index (χ2v) is 5.17. The maximum atomic E-state index is 13.5. The van der Waals surface area contributed by atoms with Gasteiger partial charge in [0.15, 0.2) is 0 Å². The van der Waals surface area contributed by atoms with E-state index in [1.54, 1.807) is 13.0 Å². The third-order valence-corrected chi connectivity index (χ3v) is 3.02. The van der Waals surface area contributed by atoms with Crippen LogP contribution >= 0.6 is 15.9 Å². The van der Waals surface area contributed by atoms with E-state index in [1.165, 1.54) is 12.1 Å².